The maximum Gasteiger partial charge on any atom is 0.317 e. The van der Waals surface area contributed by atoms with Gasteiger partial charge in [0.2, 0.25) is 0 Å². The van der Waals surface area contributed by atoms with Crippen molar-refractivity contribution in [3.63, 3.8) is 0 Å². The molecule has 1 aliphatic carbocycles. The van der Waals surface area contributed by atoms with Crippen LogP contribution in [0.2, 0.25) is 0 Å². The van der Waals surface area contributed by atoms with Crippen molar-refractivity contribution in [2.45, 2.75) is 24.3 Å². The monoisotopic (exact) mass is 276 g/mol. The molecule has 2 aliphatic heterocycles. The molecule has 1 spiro atoms. The van der Waals surface area contributed by atoms with Crippen LogP contribution in [0.15, 0.2) is 0 Å². The summed E-state index contributed by atoms with van der Waals surface area (Å²) in [6, 6.07) is -0.0720. The molecule has 1 saturated carbocycles. The maximum atomic E-state index is 12.4. The summed E-state index contributed by atoms with van der Waals surface area (Å²) in [5.74, 6) is 0.305. The van der Waals surface area contributed by atoms with E-state index < -0.39 is 0 Å². The third-order valence-electron chi connectivity index (χ3n) is 4.58. The van der Waals surface area contributed by atoms with Crippen molar-refractivity contribution in [2.24, 2.45) is 0 Å². The highest BCUT2D eigenvalue weighted by Crippen LogP contribution is 2.40. The molecule has 20 heavy (non-hydrogen) atoms. The van der Waals surface area contributed by atoms with Crippen molar-refractivity contribution in [3.8, 4) is 0 Å². The van der Waals surface area contributed by atoms with Gasteiger partial charge in [-0.05, 0) is 12.8 Å². The number of nitrogens with one attached hydrogen (secondary N) is 2. The number of nitrogens with zero attached hydrogens (tertiary/aromatic N) is 4. The van der Waals surface area contributed by atoms with E-state index in [1.165, 1.54) is 0 Å². The standard InChI is InChI=1S/C12H16N6O2/c1-17-11(20)13-4-12(17)5-18(6-12)10(19)9-8(7-2-3-7)14-16-15-9/h7H,2-6H2,1H3,(H,13,20)(H,14,15,16). The Bertz CT molecular complexity index is 587. The Balaban J connectivity index is 1.49. The number of likely N-dealkylation sites (N-methyl/N-ethyl adjacent to an activating group) is 1. The van der Waals surface area contributed by atoms with Crippen molar-refractivity contribution in [2.75, 3.05) is 26.7 Å². The number of hydrogen-bond acceptors (Lipinski definition) is 4. The highest BCUT2D eigenvalue weighted by Gasteiger charge is 2.54. The lowest BCUT2D eigenvalue weighted by Gasteiger charge is -2.50. The van der Waals surface area contributed by atoms with Gasteiger partial charge < -0.3 is 15.1 Å². The SMILES string of the molecule is CN1C(=O)NCC12CN(C(=O)c1n[nH]nc1C1CC1)C2. The number of aromatic nitrogens is 3. The highest BCUT2D eigenvalue weighted by molar-refractivity contribution is 5.94. The molecule has 3 amide bonds. The topological polar surface area (TPSA) is 94.2 Å². The van der Waals surface area contributed by atoms with E-state index in [4.69, 9.17) is 0 Å². The van der Waals surface area contributed by atoms with Crippen LogP contribution < -0.4 is 5.32 Å². The van der Waals surface area contributed by atoms with E-state index in [-0.39, 0.29) is 17.5 Å². The second-order valence-corrected chi connectivity index (χ2v) is 5.94. The Labute approximate surface area is 115 Å². The summed E-state index contributed by atoms with van der Waals surface area (Å²) >= 11 is 0. The fourth-order valence-corrected chi connectivity index (χ4v) is 3.01. The summed E-state index contributed by atoms with van der Waals surface area (Å²) in [4.78, 5) is 27.4. The van der Waals surface area contributed by atoms with Gasteiger partial charge in [-0.25, -0.2) is 4.79 Å². The molecule has 0 atom stereocenters. The first-order valence-corrected chi connectivity index (χ1v) is 6.82. The molecule has 0 aromatic carbocycles. The van der Waals surface area contributed by atoms with Gasteiger partial charge >= 0.3 is 6.03 Å². The van der Waals surface area contributed by atoms with Crippen LogP contribution in [-0.2, 0) is 0 Å². The van der Waals surface area contributed by atoms with Crippen LogP contribution in [0, 0.1) is 0 Å². The van der Waals surface area contributed by atoms with Crippen LogP contribution in [0.25, 0.3) is 0 Å². The molecule has 4 rings (SSSR count). The van der Waals surface area contributed by atoms with Crippen molar-refractivity contribution < 1.29 is 9.59 Å². The minimum atomic E-state index is -0.240. The summed E-state index contributed by atoms with van der Waals surface area (Å²) in [5, 5.41) is 13.5. The van der Waals surface area contributed by atoms with Gasteiger partial charge in [-0.2, -0.15) is 15.4 Å². The zero-order valence-corrected chi connectivity index (χ0v) is 11.2. The first-order valence-electron chi connectivity index (χ1n) is 6.82. The number of carbonyl (C=O) groups is 2. The first kappa shape index (κ1) is 11.7. The molecule has 3 heterocycles. The molecule has 8 heteroatoms. The van der Waals surface area contributed by atoms with E-state index in [9.17, 15) is 9.59 Å². The van der Waals surface area contributed by atoms with Crippen molar-refractivity contribution in [3.05, 3.63) is 11.4 Å². The van der Waals surface area contributed by atoms with E-state index in [1.54, 1.807) is 16.8 Å². The van der Waals surface area contributed by atoms with E-state index in [2.05, 4.69) is 20.7 Å². The summed E-state index contributed by atoms with van der Waals surface area (Å²) in [5.41, 5.74) is 1.00. The van der Waals surface area contributed by atoms with Gasteiger partial charge in [0.15, 0.2) is 5.69 Å². The number of carbonyl (C=O) groups excluding carboxylic acids is 2. The minimum absolute atomic E-state index is 0.0720. The second kappa shape index (κ2) is 3.71. The van der Waals surface area contributed by atoms with Gasteiger partial charge in [-0.15, -0.1) is 0 Å². The normalized spacial score (nSPS) is 23.9. The molecule has 3 fully saturated rings. The molecular weight excluding hydrogens is 260 g/mol. The smallest absolute Gasteiger partial charge is 0.317 e. The Morgan fingerprint density at radius 1 is 1.35 bits per heavy atom. The van der Waals surface area contributed by atoms with Gasteiger partial charge in [0.1, 0.15) is 0 Å². The lowest BCUT2D eigenvalue weighted by Crippen LogP contribution is -2.70. The highest BCUT2D eigenvalue weighted by atomic mass is 16.2. The van der Waals surface area contributed by atoms with E-state index in [1.807, 2.05) is 0 Å². The molecule has 2 N–H and O–H groups in total. The number of hydrogen-bond donors (Lipinski definition) is 2. The maximum absolute atomic E-state index is 12.4. The summed E-state index contributed by atoms with van der Waals surface area (Å²) < 4.78 is 0. The lowest BCUT2D eigenvalue weighted by atomic mass is 9.89. The lowest BCUT2D eigenvalue weighted by molar-refractivity contribution is 0.00725. The van der Waals surface area contributed by atoms with E-state index >= 15 is 0 Å². The van der Waals surface area contributed by atoms with E-state index in [0.717, 1.165) is 18.5 Å². The first-order chi connectivity index (χ1) is 9.61. The van der Waals surface area contributed by atoms with Gasteiger partial charge in [0.05, 0.1) is 11.2 Å². The molecule has 8 nitrogen and oxygen atoms in total. The summed E-state index contributed by atoms with van der Waals surface area (Å²) in [6.45, 7) is 1.70. The zero-order chi connectivity index (χ0) is 13.9. The van der Waals surface area contributed by atoms with Crippen molar-refractivity contribution >= 4 is 11.9 Å². The Hall–Kier alpha value is -2.12. The van der Waals surface area contributed by atoms with Crippen LogP contribution in [0.3, 0.4) is 0 Å². The van der Waals surface area contributed by atoms with Crippen LogP contribution in [0.5, 0.6) is 0 Å². The molecule has 2 saturated heterocycles. The van der Waals surface area contributed by atoms with Gasteiger partial charge in [0, 0.05) is 32.6 Å². The summed E-state index contributed by atoms with van der Waals surface area (Å²) in [7, 11) is 1.77. The number of amides is 3. The molecule has 3 aliphatic rings. The molecule has 1 aromatic heterocycles. The Morgan fingerprint density at radius 3 is 2.70 bits per heavy atom. The fraction of sp³-hybridized carbons (Fsp3) is 0.667. The third-order valence-corrected chi connectivity index (χ3v) is 4.58. The molecule has 0 radical (unpaired) electrons. The van der Waals surface area contributed by atoms with Gasteiger partial charge in [-0.1, -0.05) is 0 Å². The third kappa shape index (κ3) is 1.47. The number of rotatable bonds is 2. The number of likely N-dealkylation sites (tertiary alicyclic amines) is 1. The predicted octanol–water partition coefficient (Wildman–Crippen LogP) is -0.468. The number of urea groups is 1. The largest absolute Gasteiger partial charge is 0.335 e. The molecular formula is C12H16N6O2. The van der Waals surface area contributed by atoms with Crippen LogP contribution in [-0.4, -0.2) is 69.4 Å². The Kier molecular flexibility index (Phi) is 2.17. The molecule has 1 aromatic rings. The average molecular weight is 276 g/mol. The van der Waals surface area contributed by atoms with Gasteiger partial charge in [0.25, 0.3) is 5.91 Å². The average Bonchev–Trinajstić information content (AvgIpc) is 3.05. The zero-order valence-electron chi connectivity index (χ0n) is 11.2. The van der Waals surface area contributed by atoms with Crippen molar-refractivity contribution in [1.82, 2.24) is 30.5 Å². The Morgan fingerprint density at radius 2 is 2.10 bits per heavy atom. The van der Waals surface area contributed by atoms with Crippen LogP contribution in [0.4, 0.5) is 4.79 Å². The molecule has 0 unspecified atom stereocenters. The van der Waals surface area contributed by atoms with Gasteiger partial charge in [-0.3, -0.25) is 4.79 Å². The van der Waals surface area contributed by atoms with Crippen molar-refractivity contribution in [1.29, 1.82) is 0 Å². The fourth-order valence-electron chi connectivity index (χ4n) is 3.01. The number of aromatic amines is 1. The molecule has 106 valence electrons. The molecule has 0 bridgehead atoms. The quantitative estimate of drug-likeness (QED) is 0.763. The number of H-pyrrole nitrogens is 1. The summed E-state index contributed by atoms with van der Waals surface area (Å²) in [6.07, 6.45) is 2.16. The minimum Gasteiger partial charge on any atom is -0.335 e. The van der Waals surface area contributed by atoms with Crippen LogP contribution >= 0.6 is 0 Å². The van der Waals surface area contributed by atoms with E-state index in [0.29, 0.717) is 31.2 Å². The second-order valence-electron chi connectivity index (χ2n) is 5.94. The predicted molar refractivity (Wildman–Crippen MR) is 68.2 cm³/mol. The van der Waals surface area contributed by atoms with Crippen LogP contribution in [0.1, 0.15) is 34.9 Å².